The van der Waals surface area contributed by atoms with Crippen molar-refractivity contribution in [3.8, 4) is 0 Å². The maximum atomic E-state index is 12.2. The van der Waals surface area contributed by atoms with E-state index in [4.69, 9.17) is 5.73 Å². The summed E-state index contributed by atoms with van der Waals surface area (Å²) in [5.74, 6) is -0.269. The summed E-state index contributed by atoms with van der Waals surface area (Å²) in [7, 11) is -2.11. The standard InChI is InChI=1S/C15H20N4O3S2/c1-10(11-3-5-12(6-4-11)24(21,22)17-2)18-15(20)13-9-23-14(19-13)7-8-16/h3-6,9-10,17H,7-8,16H2,1-2H3,(H,18,20). The monoisotopic (exact) mass is 368 g/mol. The van der Waals surface area contributed by atoms with E-state index in [1.165, 1.54) is 30.5 Å². The minimum atomic E-state index is -3.47. The molecule has 24 heavy (non-hydrogen) atoms. The summed E-state index contributed by atoms with van der Waals surface area (Å²) in [6.45, 7) is 2.32. The summed E-state index contributed by atoms with van der Waals surface area (Å²) in [6, 6.07) is 6.09. The van der Waals surface area contributed by atoms with Crippen molar-refractivity contribution in [1.29, 1.82) is 0 Å². The number of hydrogen-bond acceptors (Lipinski definition) is 6. The predicted octanol–water partition coefficient (Wildman–Crippen LogP) is 1.04. The summed E-state index contributed by atoms with van der Waals surface area (Å²) < 4.78 is 25.7. The average molecular weight is 368 g/mol. The Kier molecular flexibility index (Phi) is 6.05. The number of carbonyl (C=O) groups excluding carboxylic acids is 1. The number of nitrogens with zero attached hydrogens (tertiary/aromatic N) is 1. The molecule has 9 heteroatoms. The molecule has 0 fully saturated rings. The molecule has 1 atom stereocenters. The first-order chi connectivity index (χ1) is 11.4. The predicted molar refractivity (Wildman–Crippen MR) is 93.4 cm³/mol. The Morgan fingerprint density at radius 3 is 2.58 bits per heavy atom. The second kappa shape index (κ2) is 7.84. The Hall–Kier alpha value is -1.81. The Morgan fingerprint density at radius 2 is 2.00 bits per heavy atom. The van der Waals surface area contributed by atoms with Gasteiger partial charge in [0.1, 0.15) is 5.69 Å². The molecule has 0 bridgehead atoms. The molecule has 1 amide bonds. The van der Waals surface area contributed by atoms with Crippen LogP contribution in [0.1, 0.15) is 34.0 Å². The Bertz CT molecular complexity index is 800. The zero-order valence-electron chi connectivity index (χ0n) is 13.4. The maximum absolute atomic E-state index is 12.2. The highest BCUT2D eigenvalue weighted by Gasteiger charge is 2.16. The fourth-order valence-corrected chi connectivity index (χ4v) is 3.59. The third-order valence-electron chi connectivity index (χ3n) is 3.45. The third-order valence-corrected chi connectivity index (χ3v) is 5.79. The van der Waals surface area contributed by atoms with Gasteiger partial charge in [-0.05, 0) is 38.2 Å². The highest BCUT2D eigenvalue weighted by Crippen LogP contribution is 2.17. The molecule has 1 heterocycles. The molecule has 0 saturated carbocycles. The van der Waals surface area contributed by atoms with Crippen LogP contribution in [0, 0.1) is 0 Å². The van der Waals surface area contributed by atoms with Crippen molar-refractivity contribution >= 4 is 27.3 Å². The van der Waals surface area contributed by atoms with E-state index >= 15 is 0 Å². The lowest BCUT2D eigenvalue weighted by molar-refractivity contribution is 0.0935. The zero-order chi connectivity index (χ0) is 17.7. The Labute approximate surface area is 145 Å². The molecule has 1 aromatic heterocycles. The fraction of sp³-hybridized carbons (Fsp3) is 0.333. The molecular formula is C15H20N4O3S2. The van der Waals surface area contributed by atoms with E-state index in [2.05, 4.69) is 15.0 Å². The SMILES string of the molecule is CNS(=O)(=O)c1ccc(C(C)NC(=O)c2csc(CCN)n2)cc1. The van der Waals surface area contributed by atoms with E-state index < -0.39 is 10.0 Å². The van der Waals surface area contributed by atoms with Gasteiger partial charge in [-0.3, -0.25) is 4.79 Å². The highest BCUT2D eigenvalue weighted by atomic mass is 32.2. The van der Waals surface area contributed by atoms with Gasteiger partial charge in [-0.15, -0.1) is 11.3 Å². The first-order valence-corrected chi connectivity index (χ1v) is 9.72. The lowest BCUT2D eigenvalue weighted by atomic mass is 10.1. The Morgan fingerprint density at radius 1 is 1.33 bits per heavy atom. The van der Waals surface area contributed by atoms with E-state index in [-0.39, 0.29) is 16.8 Å². The Balaban J connectivity index is 2.06. The van der Waals surface area contributed by atoms with Crippen LogP contribution in [0.25, 0.3) is 0 Å². The minimum Gasteiger partial charge on any atom is -0.344 e. The summed E-state index contributed by atoms with van der Waals surface area (Å²) in [6.07, 6.45) is 0.648. The van der Waals surface area contributed by atoms with E-state index in [0.717, 1.165) is 10.6 Å². The van der Waals surface area contributed by atoms with Crippen LogP contribution < -0.4 is 15.8 Å². The quantitative estimate of drug-likeness (QED) is 0.676. The smallest absolute Gasteiger partial charge is 0.271 e. The van der Waals surface area contributed by atoms with Gasteiger partial charge in [0, 0.05) is 11.8 Å². The normalized spacial score (nSPS) is 12.8. The van der Waals surface area contributed by atoms with Gasteiger partial charge < -0.3 is 11.1 Å². The molecule has 130 valence electrons. The lowest BCUT2D eigenvalue weighted by Crippen LogP contribution is -2.27. The van der Waals surface area contributed by atoms with Gasteiger partial charge in [0.2, 0.25) is 10.0 Å². The second-order valence-electron chi connectivity index (χ2n) is 5.14. The second-order valence-corrected chi connectivity index (χ2v) is 7.97. The molecule has 0 radical (unpaired) electrons. The molecular weight excluding hydrogens is 348 g/mol. The number of sulfonamides is 1. The third kappa shape index (κ3) is 4.38. The number of benzene rings is 1. The molecule has 0 aliphatic rings. The van der Waals surface area contributed by atoms with Crippen LogP contribution in [0.5, 0.6) is 0 Å². The number of rotatable bonds is 7. The van der Waals surface area contributed by atoms with Crippen LogP contribution in [-0.2, 0) is 16.4 Å². The van der Waals surface area contributed by atoms with Gasteiger partial charge in [0.25, 0.3) is 5.91 Å². The number of aromatic nitrogens is 1. The summed E-state index contributed by atoms with van der Waals surface area (Å²) in [5, 5.41) is 5.38. The summed E-state index contributed by atoms with van der Waals surface area (Å²) >= 11 is 1.41. The van der Waals surface area contributed by atoms with Crippen molar-refractivity contribution in [2.45, 2.75) is 24.3 Å². The molecule has 0 aliphatic heterocycles. The van der Waals surface area contributed by atoms with Gasteiger partial charge in [-0.1, -0.05) is 12.1 Å². The van der Waals surface area contributed by atoms with Crippen molar-refractivity contribution in [3.63, 3.8) is 0 Å². The van der Waals surface area contributed by atoms with Gasteiger partial charge in [-0.25, -0.2) is 18.1 Å². The summed E-state index contributed by atoms with van der Waals surface area (Å²) in [5.41, 5.74) is 6.64. The average Bonchev–Trinajstić information content (AvgIpc) is 3.04. The van der Waals surface area contributed by atoms with Crippen LogP contribution in [0.3, 0.4) is 0 Å². The largest absolute Gasteiger partial charge is 0.344 e. The topological polar surface area (TPSA) is 114 Å². The van der Waals surface area contributed by atoms with E-state index in [0.29, 0.717) is 18.7 Å². The van der Waals surface area contributed by atoms with Crippen molar-refractivity contribution in [2.75, 3.05) is 13.6 Å². The number of hydrogen-bond donors (Lipinski definition) is 3. The first kappa shape index (κ1) is 18.5. The van der Waals surface area contributed by atoms with Gasteiger partial charge in [0.15, 0.2) is 0 Å². The van der Waals surface area contributed by atoms with E-state index in [1.807, 2.05) is 6.92 Å². The highest BCUT2D eigenvalue weighted by molar-refractivity contribution is 7.89. The molecule has 7 nitrogen and oxygen atoms in total. The summed E-state index contributed by atoms with van der Waals surface area (Å²) in [4.78, 5) is 16.6. The minimum absolute atomic E-state index is 0.179. The van der Waals surface area contributed by atoms with Gasteiger partial charge in [0.05, 0.1) is 15.9 Å². The van der Waals surface area contributed by atoms with Crippen LogP contribution in [0.4, 0.5) is 0 Å². The van der Waals surface area contributed by atoms with Crippen molar-refractivity contribution in [3.05, 3.63) is 45.9 Å². The molecule has 4 N–H and O–H groups in total. The van der Waals surface area contributed by atoms with Crippen LogP contribution in [0.15, 0.2) is 34.5 Å². The molecule has 0 aliphatic carbocycles. The lowest BCUT2D eigenvalue weighted by Gasteiger charge is -2.14. The molecule has 0 saturated heterocycles. The van der Waals surface area contributed by atoms with Crippen molar-refractivity contribution in [2.24, 2.45) is 5.73 Å². The molecule has 2 aromatic rings. The zero-order valence-corrected chi connectivity index (χ0v) is 15.1. The van der Waals surface area contributed by atoms with Crippen LogP contribution in [0.2, 0.25) is 0 Å². The van der Waals surface area contributed by atoms with Crippen molar-refractivity contribution in [1.82, 2.24) is 15.0 Å². The molecule has 1 aromatic carbocycles. The van der Waals surface area contributed by atoms with Crippen LogP contribution in [-0.4, -0.2) is 32.9 Å². The number of nitrogens with one attached hydrogen (secondary N) is 2. The van der Waals surface area contributed by atoms with Gasteiger partial charge in [-0.2, -0.15) is 0 Å². The van der Waals surface area contributed by atoms with E-state index in [1.54, 1.807) is 17.5 Å². The van der Waals surface area contributed by atoms with Gasteiger partial charge >= 0.3 is 0 Å². The number of thiazole rings is 1. The fourth-order valence-electron chi connectivity index (χ4n) is 2.06. The number of carbonyl (C=O) groups is 1. The number of amides is 1. The first-order valence-electron chi connectivity index (χ1n) is 7.36. The number of nitrogens with two attached hydrogens (primary N) is 1. The molecule has 2 rings (SSSR count). The maximum Gasteiger partial charge on any atom is 0.271 e. The van der Waals surface area contributed by atoms with Crippen LogP contribution >= 0.6 is 11.3 Å². The molecule has 0 spiro atoms. The molecule has 1 unspecified atom stereocenters. The van der Waals surface area contributed by atoms with E-state index in [9.17, 15) is 13.2 Å². The van der Waals surface area contributed by atoms with Crippen molar-refractivity contribution < 1.29 is 13.2 Å².